The lowest BCUT2D eigenvalue weighted by Crippen LogP contribution is -2.47. The third kappa shape index (κ3) is 3.84. The van der Waals surface area contributed by atoms with Crippen molar-refractivity contribution >= 4 is 23.2 Å². The van der Waals surface area contributed by atoms with Crippen LogP contribution in [0.4, 0.5) is 0 Å². The van der Waals surface area contributed by atoms with E-state index >= 15 is 0 Å². The Morgan fingerprint density at radius 3 is 2.62 bits per heavy atom. The molecule has 7 heteroatoms. The molecule has 6 nitrogen and oxygen atoms in total. The highest BCUT2D eigenvalue weighted by molar-refractivity contribution is 6.30. The lowest BCUT2D eigenvalue weighted by atomic mass is 10.0. The molecule has 3 heterocycles. The molecule has 2 aromatic carbocycles. The van der Waals surface area contributed by atoms with E-state index in [0.717, 1.165) is 40.3 Å². The van der Waals surface area contributed by atoms with Crippen molar-refractivity contribution in [1.82, 2.24) is 19.6 Å². The minimum atomic E-state index is 0.0294. The number of nitriles is 1. The second-order valence-electron chi connectivity index (χ2n) is 7.78. The van der Waals surface area contributed by atoms with Crippen molar-refractivity contribution in [3.8, 4) is 28.5 Å². The summed E-state index contributed by atoms with van der Waals surface area (Å²) in [4.78, 5) is 19.0. The fraction of sp³-hybridized carbons (Fsp3) is 0.160. The van der Waals surface area contributed by atoms with Gasteiger partial charge in [-0.05, 0) is 35.9 Å². The van der Waals surface area contributed by atoms with Crippen LogP contribution in [0.2, 0.25) is 5.02 Å². The van der Waals surface area contributed by atoms with Gasteiger partial charge in [-0.3, -0.25) is 9.69 Å². The maximum absolute atomic E-state index is 11.9. The number of halogens is 1. The van der Waals surface area contributed by atoms with E-state index in [0.29, 0.717) is 30.2 Å². The summed E-state index contributed by atoms with van der Waals surface area (Å²) in [5.41, 5.74) is 6.07. The number of imidazole rings is 1. The number of amides is 1. The zero-order valence-electron chi connectivity index (χ0n) is 17.3. The van der Waals surface area contributed by atoms with Crippen LogP contribution in [-0.2, 0) is 11.3 Å². The smallest absolute Gasteiger partial charge is 0.234 e. The topological polar surface area (TPSA) is 73.4 Å². The van der Waals surface area contributed by atoms with Crippen LogP contribution in [0.5, 0.6) is 0 Å². The zero-order valence-corrected chi connectivity index (χ0v) is 18.0. The standard InChI is InChI=1S/C25H20ClN5O/c26-20-8-5-17(6-9-20)25-22(15-30-12-11-28-24(32)16-30)31-14-19(7-10-23(31)29-25)21-4-2-1-3-18(21)13-27/h1-10,14H,11-12,15-16H2,(H,28,32). The SMILES string of the molecule is N#Cc1ccccc1-c1ccc2nc(-c3ccc(Cl)cc3)c(CN3CCNC(=O)C3)n2c1. The summed E-state index contributed by atoms with van der Waals surface area (Å²) >= 11 is 6.10. The third-order valence-electron chi connectivity index (χ3n) is 5.68. The molecule has 0 saturated carbocycles. The number of pyridine rings is 1. The molecule has 0 radical (unpaired) electrons. The van der Waals surface area contributed by atoms with Crippen LogP contribution in [0.1, 0.15) is 11.3 Å². The normalized spacial score (nSPS) is 14.3. The molecule has 1 amide bonds. The van der Waals surface area contributed by atoms with Gasteiger partial charge in [0.25, 0.3) is 0 Å². The predicted molar refractivity (Wildman–Crippen MR) is 124 cm³/mol. The second-order valence-corrected chi connectivity index (χ2v) is 8.21. The number of carbonyl (C=O) groups is 1. The molecule has 1 N–H and O–H groups in total. The number of rotatable bonds is 4. The predicted octanol–water partition coefficient (Wildman–Crippen LogP) is 4.13. The van der Waals surface area contributed by atoms with Crippen molar-refractivity contribution in [3.63, 3.8) is 0 Å². The summed E-state index contributed by atoms with van der Waals surface area (Å²) in [5.74, 6) is 0.0294. The molecule has 1 aliphatic heterocycles. The van der Waals surface area contributed by atoms with Crippen molar-refractivity contribution in [3.05, 3.63) is 83.1 Å². The fourth-order valence-electron chi connectivity index (χ4n) is 4.11. The van der Waals surface area contributed by atoms with E-state index in [9.17, 15) is 10.1 Å². The summed E-state index contributed by atoms with van der Waals surface area (Å²) in [5, 5.41) is 13.1. The van der Waals surface area contributed by atoms with E-state index in [1.165, 1.54) is 0 Å². The van der Waals surface area contributed by atoms with Gasteiger partial charge in [0.2, 0.25) is 5.91 Å². The third-order valence-corrected chi connectivity index (χ3v) is 5.94. The summed E-state index contributed by atoms with van der Waals surface area (Å²) in [6.07, 6.45) is 2.03. The Balaban J connectivity index is 1.66. The quantitative estimate of drug-likeness (QED) is 0.517. The van der Waals surface area contributed by atoms with Crippen LogP contribution in [0.15, 0.2) is 66.9 Å². The number of hydrogen-bond donors (Lipinski definition) is 1. The Hall–Kier alpha value is -3.66. The van der Waals surface area contributed by atoms with Crippen molar-refractivity contribution in [2.75, 3.05) is 19.6 Å². The van der Waals surface area contributed by atoms with Gasteiger partial charge in [0, 0.05) is 42.0 Å². The molecule has 1 saturated heterocycles. The van der Waals surface area contributed by atoms with Gasteiger partial charge < -0.3 is 9.72 Å². The summed E-state index contributed by atoms with van der Waals surface area (Å²) in [7, 11) is 0. The maximum atomic E-state index is 11.9. The number of hydrogen-bond acceptors (Lipinski definition) is 4. The molecule has 1 fully saturated rings. The molecule has 2 aromatic heterocycles. The van der Waals surface area contributed by atoms with Crippen LogP contribution >= 0.6 is 11.6 Å². The van der Waals surface area contributed by atoms with Crippen molar-refractivity contribution in [1.29, 1.82) is 5.26 Å². The maximum Gasteiger partial charge on any atom is 0.234 e. The van der Waals surface area contributed by atoms with Crippen LogP contribution < -0.4 is 5.32 Å². The molecule has 32 heavy (non-hydrogen) atoms. The summed E-state index contributed by atoms with van der Waals surface area (Å²) in [6.45, 7) is 2.34. The van der Waals surface area contributed by atoms with Crippen molar-refractivity contribution in [2.45, 2.75) is 6.54 Å². The van der Waals surface area contributed by atoms with Gasteiger partial charge in [-0.25, -0.2) is 4.98 Å². The lowest BCUT2D eigenvalue weighted by Gasteiger charge is -2.26. The Bertz CT molecular complexity index is 1350. The van der Waals surface area contributed by atoms with Gasteiger partial charge in [-0.1, -0.05) is 41.9 Å². The van der Waals surface area contributed by atoms with E-state index in [4.69, 9.17) is 16.6 Å². The Morgan fingerprint density at radius 2 is 1.84 bits per heavy atom. The van der Waals surface area contributed by atoms with Crippen LogP contribution in [0.25, 0.3) is 28.0 Å². The number of carbonyl (C=O) groups excluding carboxylic acids is 1. The molecule has 4 aromatic rings. The van der Waals surface area contributed by atoms with Gasteiger partial charge in [-0.15, -0.1) is 0 Å². The van der Waals surface area contributed by atoms with Crippen LogP contribution in [0, 0.1) is 11.3 Å². The van der Waals surface area contributed by atoms with Crippen molar-refractivity contribution in [2.24, 2.45) is 0 Å². The Morgan fingerprint density at radius 1 is 1.06 bits per heavy atom. The minimum absolute atomic E-state index is 0.0294. The number of aromatic nitrogens is 2. The molecule has 158 valence electrons. The second kappa shape index (κ2) is 8.46. The average molecular weight is 442 g/mol. The number of nitrogens with one attached hydrogen (secondary N) is 1. The first-order chi connectivity index (χ1) is 15.6. The highest BCUT2D eigenvalue weighted by atomic mass is 35.5. The first kappa shape index (κ1) is 20.3. The van der Waals surface area contributed by atoms with Gasteiger partial charge in [0.05, 0.1) is 29.6 Å². The number of nitrogens with zero attached hydrogens (tertiary/aromatic N) is 4. The minimum Gasteiger partial charge on any atom is -0.354 e. The summed E-state index contributed by atoms with van der Waals surface area (Å²) in [6, 6.07) is 21.4. The van der Waals surface area contributed by atoms with E-state index in [-0.39, 0.29) is 5.91 Å². The van der Waals surface area contributed by atoms with Gasteiger partial charge >= 0.3 is 0 Å². The molecule has 0 bridgehead atoms. The molecule has 5 rings (SSSR count). The number of benzene rings is 2. The molecular formula is C25H20ClN5O. The molecule has 1 aliphatic rings. The monoisotopic (exact) mass is 441 g/mol. The molecular weight excluding hydrogens is 422 g/mol. The highest BCUT2D eigenvalue weighted by Gasteiger charge is 2.22. The number of piperazine rings is 1. The molecule has 0 spiro atoms. The zero-order chi connectivity index (χ0) is 22.1. The largest absolute Gasteiger partial charge is 0.354 e. The molecule has 0 unspecified atom stereocenters. The first-order valence-corrected chi connectivity index (χ1v) is 10.8. The van der Waals surface area contributed by atoms with E-state index < -0.39 is 0 Å². The molecule has 0 atom stereocenters. The van der Waals surface area contributed by atoms with Gasteiger partial charge in [0.15, 0.2) is 0 Å². The first-order valence-electron chi connectivity index (χ1n) is 10.4. The average Bonchev–Trinajstić information content (AvgIpc) is 3.17. The van der Waals surface area contributed by atoms with Gasteiger partial charge in [-0.2, -0.15) is 5.26 Å². The Labute approximate surface area is 190 Å². The lowest BCUT2D eigenvalue weighted by molar-refractivity contribution is -0.124. The Kier molecular flexibility index (Phi) is 5.36. The fourth-order valence-corrected chi connectivity index (χ4v) is 4.24. The molecule has 0 aliphatic carbocycles. The van der Waals surface area contributed by atoms with E-state index in [1.54, 1.807) is 0 Å². The van der Waals surface area contributed by atoms with Crippen LogP contribution in [0.3, 0.4) is 0 Å². The van der Waals surface area contributed by atoms with Crippen molar-refractivity contribution < 1.29 is 4.79 Å². The van der Waals surface area contributed by atoms with E-state index in [2.05, 4.69) is 20.7 Å². The highest BCUT2D eigenvalue weighted by Crippen LogP contribution is 2.30. The van der Waals surface area contributed by atoms with E-state index in [1.807, 2.05) is 66.9 Å². The summed E-state index contributed by atoms with van der Waals surface area (Å²) < 4.78 is 2.07. The van der Waals surface area contributed by atoms with Crippen LogP contribution in [-0.4, -0.2) is 39.8 Å². The number of fused-ring (bicyclic) bond motifs is 1. The van der Waals surface area contributed by atoms with Gasteiger partial charge in [0.1, 0.15) is 5.65 Å².